The molecule has 108 valence electrons. The Balaban J connectivity index is 1.81. The molecule has 20 heavy (non-hydrogen) atoms. The standard InChI is InChI=1S/C14H18N2O3S/c1-20(18,19)11-6-8-16(9-11)14(17)12-3-2-7-15-13(12)10-4-5-10/h2-3,7,10-11H,4-6,8-9H2,1H3. The Morgan fingerprint density at radius 1 is 1.35 bits per heavy atom. The number of pyridine rings is 1. The summed E-state index contributed by atoms with van der Waals surface area (Å²) in [5, 5.41) is -0.424. The van der Waals surface area contributed by atoms with Crippen molar-refractivity contribution < 1.29 is 13.2 Å². The maximum absolute atomic E-state index is 12.6. The number of hydrogen-bond acceptors (Lipinski definition) is 4. The van der Waals surface area contributed by atoms with Crippen molar-refractivity contribution in [2.75, 3.05) is 19.3 Å². The molecule has 1 amide bonds. The van der Waals surface area contributed by atoms with E-state index in [0.29, 0.717) is 31.0 Å². The van der Waals surface area contributed by atoms with Crippen LogP contribution in [0.15, 0.2) is 18.3 Å². The smallest absolute Gasteiger partial charge is 0.255 e. The molecule has 0 N–H and O–H groups in total. The first-order chi connectivity index (χ1) is 9.47. The molecule has 1 aliphatic carbocycles. The molecule has 3 rings (SSSR count). The third-order valence-corrected chi connectivity index (χ3v) is 5.67. The number of carbonyl (C=O) groups is 1. The van der Waals surface area contributed by atoms with Crippen molar-refractivity contribution in [3.8, 4) is 0 Å². The molecular formula is C14H18N2O3S. The first-order valence-electron chi connectivity index (χ1n) is 6.90. The maximum Gasteiger partial charge on any atom is 0.255 e. The van der Waals surface area contributed by atoms with Crippen molar-refractivity contribution in [1.82, 2.24) is 9.88 Å². The molecular weight excluding hydrogens is 276 g/mol. The van der Waals surface area contributed by atoms with Crippen LogP contribution in [0.1, 0.15) is 41.2 Å². The van der Waals surface area contributed by atoms with E-state index in [-0.39, 0.29) is 5.91 Å². The van der Waals surface area contributed by atoms with E-state index in [2.05, 4.69) is 4.98 Å². The molecule has 1 atom stereocenters. The van der Waals surface area contributed by atoms with E-state index >= 15 is 0 Å². The predicted octanol–water partition coefficient (Wildman–Crippen LogP) is 1.22. The minimum Gasteiger partial charge on any atom is -0.337 e. The summed E-state index contributed by atoms with van der Waals surface area (Å²) in [4.78, 5) is 18.5. The van der Waals surface area contributed by atoms with Crippen molar-refractivity contribution in [3.63, 3.8) is 0 Å². The van der Waals surface area contributed by atoms with Crippen molar-refractivity contribution in [3.05, 3.63) is 29.6 Å². The molecule has 5 nitrogen and oxygen atoms in total. The molecule has 6 heteroatoms. The molecule has 0 radical (unpaired) electrons. The molecule has 1 aromatic rings. The lowest BCUT2D eigenvalue weighted by atomic mass is 10.1. The predicted molar refractivity (Wildman–Crippen MR) is 75.4 cm³/mol. The van der Waals surface area contributed by atoms with Crippen LogP contribution in [0.5, 0.6) is 0 Å². The van der Waals surface area contributed by atoms with E-state index in [1.807, 2.05) is 0 Å². The number of likely N-dealkylation sites (tertiary alicyclic amines) is 1. The third kappa shape index (κ3) is 2.57. The van der Waals surface area contributed by atoms with Crippen LogP contribution in [0.25, 0.3) is 0 Å². The van der Waals surface area contributed by atoms with Gasteiger partial charge < -0.3 is 4.90 Å². The number of amides is 1. The van der Waals surface area contributed by atoms with Crippen molar-refractivity contribution >= 4 is 15.7 Å². The summed E-state index contributed by atoms with van der Waals surface area (Å²) >= 11 is 0. The van der Waals surface area contributed by atoms with Gasteiger partial charge in [-0.1, -0.05) is 0 Å². The lowest BCUT2D eigenvalue weighted by Gasteiger charge is -2.17. The second kappa shape index (κ2) is 4.84. The van der Waals surface area contributed by atoms with Gasteiger partial charge in [-0.2, -0.15) is 0 Å². The van der Waals surface area contributed by atoms with Crippen LogP contribution < -0.4 is 0 Å². The minimum absolute atomic E-state index is 0.0776. The van der Waals surface area contributed by atoms with E-state index in [9.17, 15) is 13.2 Å². The lowest BCUT2D eigenvalue weighted by Crippen LogP contribution is -2.32. The quantitative estimate of drug-likeness (QED) is 0.840. The van der Waals surface area contributed by atoms with Gasteiger partial charge in [0.25, 0.3) is 5.91 Å². The molecule has 2 heterocycles. The van der Waals surface area contributed by atoms with Gasteiger partial charge >= 0.3 is 0 Å². The average Bonchev–Trinajstić information content (AvgIpc) is 3.12. The number of carbonyl (C=O) groups excluding carboxylic acids is 1. The SMILES string of the molecule is CS(=O)(=O)C1CCN(C(=O)c2cccnc2C2CC2)C1. The van der Waals surface area contributed by atoms with Crippen LogP contribution in [0.2, 0.25) is 0 Å². The second-order valence-electron chi connectivity index (χ2n) is 5.70. The first kappa shape index (κ1) is 13.5. The van der Waals surface area contributed by atoms with Crippen LogP contribution in [-0.4, -0.2) is 48.8 Å². The zero-order valence-electron chi connectivity index (χ0n) is 11.4. The van der Waals surface area contributed by atoms with Gasteiger partial charge in [0, 0.05) is 31.5 Å². The summed E-state index contributed by atoms with van der Waals surface area (Å²) < 4.78 is 23.1. The molecule has 1 saturated heterocycles. The molecule has 1 saturated carbocycles. The Morgan fingerprint density at radius 3 is 2.70 bits per heavy atom. The fourth-order valence-corrected chi connectivity index (χ4v) is 3.70. The highest BCUT2D eigenvalue weighted by Gasteiger charge is 2.35. The van der Waals surface area contributed by atoms with Crippen LogP contribution in [0, 0.1) is 0 Å². The van der Waals surface area contributed by atoms with Crippen LogP contribution in [-0.2, 0) is 9.84 Å². The zero-order valence-corrected chi connectivity index (χ0v) is 12.3. The van der Waals surface area contributed by atoms with Crippen molar-refractivity contribution in [1.29, 1.82) is 0 Å². The molecule has 0 spiro atoms. The van der Waals surface area contributed by atoms with Gasteiger partial charge in [0.15, 0.2) is 9.84 Å². The Morgan fingerprint density at radius 2 is 2.10 bits per heavy atom. The fraction of sp³-hybridized carbons (Fsp3) is 0.571. The molecule has 0 aromatic carbocycles. The van der Waals surface area contributed by atoms with E-state index < -0.39 is 15.1 Å². The Kier molecular flexibility index (Phi) is 3.28. The van der Waals surface area contributed by atoms with E-state index in [1.54, 1.807) is 23.2 Å². The van der Waals surface area contributed by atoms with Gasteiger partial charge in [-0.3, -0.25) is 9.78 Å². The van der Waals surface area contributed by atoms with Crippen LogP contribution in [0.3, 0.4) is 0 Å². The molecule has 2 aliphatic rings. The van der Waals surface area contributed by atoms with Crippen LogP contribution >= 0.6 is 0 Å². The first-order valence-corrected chi connectivity index (χ1v) is 8.85. The Labute approximate surface area is 118 Å². The number of nitrogens with zero attached hydrogens (tertiary/aromatic N) is 2. The topological polar surface area (TPSA) is 67.3 Å². The third-order valence-electron chi connectivity index (χ3n) is 4.07. The normalized spacial score (nSPS) is 23.1. The van der Waals surface area contributed by atoms with E-state index in [0.717, 1.165) is 18.5 Å². The molecule has 1 unspecified atom stereocenters. The summed E-state index contributed by atoms with van der Waals surface area (Å²) in [6.07, 6.45) is 5.66. The zero-order chi connectivity index (χ0) is 14.3. The Hall–Kier alpha value is -1.43. The van der Waals surface area contributed by atoms with Gasteiger partial charge in [0.1, 0.15) is 0 Å². The summed E-state index contributed by atoms with van der Waals surface area (Å²) in [7, 11) is -3.07. The molecule has 2 fully saturated rings. The van der Waals surface area contributed by atoms with Gasteiger partial charge in [-0.05, 0) is 31.4 Å². The van der Waals surface area contributed by atoms with E-state index in [4.69, 9.17) is 0 Å². The number of rotatable bonds is 3. The minimum atomic E-state index is -3.07. The van der Waals surface area contributed by atoms with Crippen molar-refractivity contribution in [2.24, 2.45) is 0 Å². The highest BCUT2D eigenvalue weighted by Crippen LogP contribution is 2.40. The molecule has 1 aliphatic heterocycles. The molecule has 0 bridgehead atoms. The monoisotopic (exact) mass is 294 g/mol. The summed E-state index contributed by atoms with van der Waals surface area (Å²) in [5.74, 6) is 0.328. The van der Waals surface area contributed by atoms with Crippen molar-refractivity contribution in [2.45, 2.75) is 30.4 Å². The summed E-state index contributed by atoms with van der Waals surface area (Å²) in [6, 6.07) is 3.57. The lowest BCUT2D eigenvalue weighted by molar-refractivity contribution is 0.0791. The maximum atomic E-state index is 12.6. The van der Waals surface area contributed by atoms with Gasteiger partial charge in [-0.15, -0.1) is 0 Å². The average molecular weight is 294 g/mol. The number of hydrogen-bond donors (Lipinski definition) is 0. The van der Waals surface area contributed by atoms with Crippen LogP contribution in [0.4, 0.5) is 0 Å². The Bertz CT molecular complexity index is 638. The van der Waals surface area contributed by atoms with Gasteiger partial charge in [0.2, 0.25) is 0 Å². The second-order valence-corrected chi connectivity index (χ2v) is 8.03. The number of aromatic nitrogens is 1. The highest BCUT2D eigenvalue weighted by molar-refractivity contribution is 7.91. The summed E-state index contributed by atoms with van der Waals surface area (Å²) in [5.41, 5.74) is 1.52. The largest absolute Gasteiger partial charge is 0.337 e. The molecule has 1 aromatic heterocycles. The van der Waals surface area contributed by atoms with Gasteiger partial charge in [0.05, 0.1) is 16.5 Å². The van der Waals surface area contributed by atoms with Gasteiger partial charge in [-0.25, -0.2) is 8.42 Å². The summed E-state index contributed by atoms with van der Waals surface area (Å²) in [6.45, 7) is 0.812. The fourth-order valence-electron chi connectivity index (χ4n) is 2.71. The highest BCUT2D eigenvalue weighted by atomic mass is 32.2. The van der Waals surface area contributed by atoms with E-state index in [1.165, 1.54) is 6.26 Å². The number of sulfone groups is 1.